The number of amides is 2. The summed E-state index contributed by atoms with van der Waals surface area (Å²) in [7, 11) is 2.31. The number of alkyl carbamates (subject to hydrolysis) is 1. The number of fused-ring (bicyclic) bond motifs is 3. The van der Waals surface area contributed by atoms with Gasteiger partial charge >= 0.3 is 6.09 Å². The molecule has 3 aromatic carbocycles. The van der Waals surface area contributed by atoms with E-state index in [1.165, 1.54) is 13.2 Å². The van der Waals surface area contributed by atoms with Crippen LogP contribution in [0.5, 0.6) is 28.7 Å². The number of hydrogen-bond donors (Lipinski definition) is 1. The first kappa shape index (κ1) is 49.9. The number of aryl methyl sites for hydroxylation is 1. The molecule has 0 radical (unpaired) electrons. The van der Waals surface area contributed by atoms with Crippen LogP contribution in [0.3, 0.4) is 0 Å². The SMILES string of the molecule is C=CCOC(=O)N[C@@H](Cc1cc(C)c(OC)c(O[Si](C)(C)C(C)(C)C)c1)C(=O)N1[C@@H]2COC(C)(C)O[C@@H]2c2c(OCC=C)c(C)c(OC)c(OCOC)c2[C@@H]1COCc1ccccc1. The Bertz CT molecular complexity index is 2120. The number of hydrogen-bond acceptors (Lipinski definition) is 12. The minimum atomic E-state index is -2.36. The Morgan fingerprint density at radius 1 is 0.938 bits per heavy atom. The fourth-order valence-electron chi connectivity index (χ4n) is 7.90. The standard InChI is InChI=1S/C49H68N2O12Si/c1-15-22-58-42-32(4)43(56-12)45(60-30-54-10)39-36(28-57-27-33-20-18-17-19-21-33)51(37-29-61-49(8,9)62-44(37)40(39)42)46(52)35(50-47(53)59-23-16-2)25-34-24-31(3)41(55-11)38(26-34)63-64(13,14)48(5,6)7/h15-21,24,26,35-37,44H,1-2,22-23,25,27-30H2,3-14H3,(H,50,53)/t35-,36-,37+,44-/m0/s1. The molecule has 64 heavy (non-hydrogen) atoms. The number of nitrogens with one attached hydrogen (secondary N) is 1. The number of rotatable bonds is 20. The molecule has 1 fully saturated rings. The monoisotopic (exact) mass is 904 g/mol. The van der Waals surface area contributed by atoms with Gasteiger partial charge in [0, 0.05) is 30.2 Å². The Morgan fingerprint density at radius 3 is 2.25 bits per heavy atom. The quantitative estimate of drug-likeness (QED) is 0.0657. The maximum atomic E-state index is 15.9. The molecular weight excluding hydrogens is 837 g/mol. The Labute approximate surface area is 380 Å². The number of carbonyl (C=O) groups is 2. The van der Waals surface area contributed by atoms with Crippen molar-refractivity contribution in [3.05, 3.63) is 101 Å². The van der Waals surface area contributed by atoms with Gasteiger partial charge in [-0.05, 0) is 68.6 Å². The summed E-state index contributed by atoms with van der Waals surface area (Å²) in [5.74, 6) is 0.835. The molecule has 0 aromatic heterocycles. The minimum absolute atomic E-state index is 0.0174. The van der Waals surface area contributed by atoms with Gasteiger partial charge in [0.25, 0.3) is 8.32 Å². The third kappa shape index (κ3) is 11.2. The first-order valence-electron chi connectivity index (χ1n) is 21.6. The second-order valence-corrected chi connectivity index (χ2v) is 22.7. The Kier molecular flexibility index (Phi) is 16.6. The fraction of sp³-hybridized carbons (Fsp3) is 0.510. The van der Waals surface area contributed by atoms with E-state index in [1.54, 1.807) is 25.2 Å². The van der Waals surface area contributed by atoms with Crippen LogP contribution in [-0.4, -0.2) is 97.6 Å². The molecular formula is C49H68N2O12Si. The molecule has 4 atom stereocenters. The lowest BCUT2D eigenvalue weighted by Gasteiger charge is -2.53. The van der Waals surface area contributed by atoms with Crippen LogP contribution in [0.15, 0.2) is 67.8 Å². The predicted molar refractivity (Wildman–Crippen MR) is 247 cm³/mol. The summed E-state index contributed by atoms with van der Waals surface area (Å²) in [6.45, 7) is 26.1. The summed E-state index contributed by atoms with van der Waals surface area (Å²) in [4.78, 5) is 31.2. The highest BCUT2D eigenvalue weighted by Crippen LogP contribution is 2.57. The molecule has 3 aromatic rings. The van der Waals surface area contributed by atoms with Crippen LogP contribution in [0.4, 0.5) is 4.79 Å². The highest BCUT2D eigenvalue weighted by Gasteiger charge is 2.54. The summed E-state index contributed by atoms with van der Waals surface area (Å²) in [6, 6.07) is 10.7. The Morgan fingerprint density at radius 2 is 1.62 bits per heavy atom. The molecule has 0 unspecified atom stereocenters. The summed E-state index contributed by atoms with van der Waals surface area (Å²) < 4.78 is 62.4. The smallest absolute Gasteiger partial charge is 0.408 e. The van der Waals surface area contributed by atoms with Crippen molar-refractivity contribution < 1.29 is 56.6 Å². The number of benzene rings is 3. The summed E-state index contributed by atoms with van der Waals surface area (Å²) >= 11 is 0. The zero-order valence-corrected chi connectivity index (χ0v) is 40.7. The Balaban J connectivity index is 1.76. The van der Waals surface area contributed by atoms with Crippen molar-refractivity contribution in [1.29, 1.82) is 0 Å². The van der Waals surface area contributed by atoms with Gasteiger partial charge in [0.2, 0.25) is 5.91 Å². The molecule has 1 saturated heterocycles. The van der Waals surface area contributed by atoms with E-state index in [4.69, 9.17) is 47.1 Å². The van der Waals surface area contributed by atoms with Crippen LogP contribution >= 0.6 is 0 Å². The lowest BCUT2D eigenvalue weighted by Crippen LogP contribution is -2.62. The first-order valence-corrected chi connectivity index (χ1v) is 24.5. The van der Waals surface area contributed by atoms with Gasteiger partial charge < -0.3 is 57.3 Å². The van der Waals surface area contributed by atoms with Crippen molar-refractivity contribution in [3.8, 4) is 28.7 Å². The van der Waals surface area contributed by atoms with Crippen molar-refractivity contribution in [3.63, 3.8) is 0 Å². The summed E-state index contributed by atoms with van der Waals surface area (Å²) in [5, 5.41) is 2.78. The fourth-order valence-corrected chi connectivity index (χ4v) is 8.91. The lowest BCUT2D eigenvalue weighted by molar-refractivity contribution is -0.301. The van der Waals surface area contributed by atoms with Crippen molar-refractivity contribution >= 4 is 20.3 Å². The van der Waals surface area contributed by atoms with Crippen LogP contribution in [0.1, 0.15) is 80.1 Å². The maximum absolute atomic E-state index is 15.9. The van der Waals surface area contributed by atoms with Crippen LogP contribution in [0.25, 0.3) is 0 Å². The van der Waals surface area contributed by atoms with Gasteiger partial charge in [0.1, 0.15) is 36.9 Å². The largest absolute Gasteiger partial charge is 0.541 e. The van der Waals surface area contributed by atoms with E-state index in [9.17, 15) is 4.79 Å². The third-order valence-electron chi connectivity index (χ3n) is 11.9. The van der Waals surface area contributed by atoms with Crippen LogP contribution < -0.4 is 28.7 Å². The van der Waals surface area contributed by atoms with Gasteiger partial charge in [0.15, 0.2) is 29.8 Å². The number of ether oxygens (including phenoxy) is 9. The van der Waals surface area contributed by atoms with E-state index in [-0.39, 0.29) is 51.3 Å². The average molecular weight is 905 g/mol. The molecule has 0 saturated carbocycles. The van der Waals surface area contributed by atoms with Crippen molar-refractivity contribution in [2.24, 2.45) is 0 Å². The molecule has 2 amide bonds. The van der Waals surface area contributed by atoms with Gasteiger partial charge in [-0.25, -0.2) is 4.79 Å². The Hall–Kier alpha value is -5.06. The normalized spacial score (nSPS) is 18.4. The molecule has 0 bridgehead atoms. The molecule has 2 heterocycles. The van der Waals surface area contributed by atoms with E-state index < -0.39 is 50.3 Å². The van der Waals surface area contributed by atoms with E-state index in [0.717, 1.165) is 16.7 Å². The number of nitrogens with zero attached hydrogens (tertiary/aromatic N) is 1. The number of carbonyl (C=O) groups excluding carboxylic acids is 2. The lowest BCUT2D eigenvalue weighted by atomic mass is 9.81. The van der Waals surface area contributed by atoms with Gasteiger partial charge in [0.05, 0.1) is 46.1 Å². The summed E-state index contributed by atoms with van der Waals surface area (Å²) in [5.41, 5.74) is 4.30. The van der Waals surface area contributed by atoms with Gasteiger partial charge in [-0.2, -0.15) is 0 Å². The first-order chi connectivity index (χ1) is 30.3. The second-order valence-electron chi connectivity index (χ2n) is 18.0. The molecule has 14 nitrogen and oxygen atoms in total. The topological polar surface area (TPSA) is 142 Å². The molecule has 5 rings (SSSR count). The van der Waals surface area contributed by atoms with E-state index >= 15 is 4.79 Å². The van der Waals surface area contributed by atoms with Crippen LogP contribution in [0.2, 0.25) is 18.1 Å². The van der Waals surface area contributed by atoms with Gasteiger partial charge in [-0.15, -0.1) is 0 Å². The molecule has 2 aliphatic heterocycles. The molecule has 350 valence electrons. The number of methoxy groups -OCH3 is 3. The second kappa shape index (κ2) is 21.3. The maximum Gasteiger partial charge on any atom is 0.408 e. The highest BCUT2D eigenvalue weighted by molar-refractivity contribution is 6.74. The zero-order chi connectivity index (χ0) is 47.0. The van der Waals surface area contributed by atoms with Crippen LogP contribution in [-0.2, 0) is 41.5 Å². The van der Waals surface area contributed by atoms with Gasteiger partial charge in [-0.1, -0.05) is 82.5 Å². The zero-order valence-electron chi connectivity index (χ0n) is 39.7. The predicted octanol–water partition coefficient (Wildman–Crippen LogP) is 9.07. The minimum Gasteiger partial charge on any atom is -0.541 e. The van der Waals surface area contributed by atoms with E-state index in [2.05, 4.69) is 52.3 Å². The molecule has 15 heteroatoms. The van der Waals surface area contributed by atoms with Crippen molar-refractivity contribution in [2.75, 3.05) is 54.5 Å². The highest BCUT2D eigenvalue weighted by atomic mass is 28.4. The summed E-state index contributed by atoms with van der Waals surface area (Å²) in [6.07, 6.45) is 1.55. The van der Waals surface area contributed by atoms with E-state index in [1.807, 2.05) is 70.2 Å². The van der Waals surface area contributed by atoms with Crippen LogP contribution in [0, 0.1) is 13.8 Å². The van der Waals surface area contributed by atoms with Crippen molar-refractivity contribution in [1.82, 2.24) is 10.2 Å². The molecule has 0 aliphatic carbocycles. The molecule has 0 spiro atoms. The van der Waals surface area contributed by atoms with Gasteiger partial charge in [-0.3, -0.25) is 4.79 Å². The molecule has 2 aliphatic rings. The molecule has 1 N–H and O–H groups in total. The average Bonchev–Trinajstić information content (AvgIpc) is 3.23. The van der Waals surface area contributed by atoms with E-state index in [0.29, 0.717) is 45.4 Å². The third-order valence-corrected chi connectivity index (χ3v) is 16.2. The van der Waals surface area contributed by atoms with Crippen molar-refractivity contribution in [2.45, 2.75) is 110 Å².